The summed E-state index contributed by atoms with van der Waals surface area (Å²) in [4.78, 5) is 0. The zero-order chi connectivity index (χ0) is 8.72. The summed E-state index contributed by atoms with van der Waals surface area (Å²) in [6, 6.07) is 6.25. The summed E-state index contributed by atoms with van der Waals surface area (Å²) in [6.45, 7) is 6.18. The second-order valence-electron chi connectivity index (χ2n) is 3.23. The first-order valence-corrected chi connectivity index (χ1v) is 4.15. The van der Waals surface area contributed by atoms with Gasteiger partial charge in [-0.1, -0.05) is 18.2 Å². The Bertz CT molecular complexity index is 424. The summed E-state index contributed by atoms with van der Waals surface area (Å²) in [5, 5.41) is 1.24. The third-order valence-corrected chi connectivity index (χ3v) is 2.40. The third kappa shape index (κ3) is 0.860. The fourth-order valence-corrected chi connectivity index (χ4v) is 1.50. The summed E-state index contributed by atoms with van der Waals surface area (Å²) in [5.74, 6) is 1.03. The van der Waals surface area contributed by atoms with E-state index in [2.05, 4.69) is 32.0 Å². The topological polar surface area (TPSA) is 13.1 Å². The van der Waals surface area contributed by atoms with Crippen molar-refractivity contribution in [3.05, 3.63) is 35.1 Å². The van der Waals surface area contributed by atoms with Crippen molar-refractivity contribution in [2.75, 3.05) is 0 Å². The highest BCUT2D eigenvalue weighted by Gasteiger charge is 2.06. The molecular formula is C11H12O. The lowest BCUT2D eigenvalue weighted by Gasteiger charge is -1.92. The minimum absolute atomic E-state index is 1.03. The van der Waals surface area contributed by atoms with Gasteiger partial charge in [0.2, 0.25) is 0 Å². The predicted octanol–water partition coefficient (Wildman–Crippen LogP) is 3.36. The van der Waals surface area contributed by atoms with Crippen LogP contribution in [0, 0.1) is 20.8 Å². The van der Waals surface area contributed by atoms with Gasteiger partial charge < -0.3 is 4.42 Å². The summed E-state index contributed by atoms with van der Waals surface area (Å²) in [5.41, 5.74) is 3.50. The van der Waals surface area contributed by atoms with Crippen molar-refractivity contribution < 1.29 is 4.42 Å². The maximum Gasteiger partial charge on any atom is 0.137 e. The molecule has 1 heteroatoms. The zero-order valence-electron chi connectivity index (χ0n) is 7.64. The molecule has 1 aromatic heterocycles. The molecule has 0 fully saturated rings. The normalized spacial score (nSPS) is 10.9. The molecule has 0 radical (unpaired) electrons. The van der Waals surface area contributed by atoms with Crippen LogP contribution in [0.5, 0.6) is 0 Å². The zero-order valence-corrected chi connectivity index (χ0v) is 7.64. The van der Waals surface area contributed by atoms with E-state index in [1.54, 1.807) is 0 Å². The maximum atomic E-state index is 5.63. The van der Waals surface area contributed by atoms with Crippen LogP contribution in [0.15, 0.2) is 22.6 Å². The molecule has 1 heterocycles. The molecule has 0 aliphatic heterocycles. The number of rotatable bonds is 0. The van der Waals surface area contributed by atoms with Crippen LogP contribution < -0.4 is 0 Å². The van der Waals surface area contributed by atoms with E-state index < -0.39 is 0 Å². The Morgan fingerprint density at radius 3 is 2.50 bits per heavy atom. The Morgan fingerprint density at radius 2 is 1.83 bits per heavy atom. The van der Waals surface area contributed by atoms with Gasteiger partial charge in [-0.15, -0.1) is 0 Å². The molecule has 2 rings (SSSR count). The van der Waals surface area contributed by atoms with Gasteiger partial charge in [-0.2, -0.15) is 0 Å². The van der Waals surface area contributed by atoms with Crippen molar-refractivity contribution in [1.82, 2.24) is 0 Å². The van der Waals surface area contributed by atoms with E-state index in [-0.39, 0.29) is 0 Å². The summed E-state index contributed by atoms with van der Waals surface area (Å²) in [7, 11) is 0. The first kappa shape index (κ1) is 7.41. The molecule has 0 N–H and O–H groups in total. The number of hydrogen-bond acceptors (Lipinski definition) is 1. The van der Waals surface area contributed by atoms with Crippen LogP contribution in [0.3, 0.4) is 0 Å². The lowest BCUT2D eigenvalue weighted by Crippen LogP contribution is -1.72. The van der Waals surface area contributed by atoms with Gasteiger partial charge in [0.25, 0.3) is 0 Å². The lowest BCUT2D eigenvalue weighted by molar-refractivity contribution is 0.573. The van der Waals surface area contributed by atoms with Crippen LogP contribution in [0.4, 0.5) is 0 Å². The van der Waals surface area contributed by atoms with Crippen LogP contribution >= 0.6 is 0 Å². The van der Waals surface area contributed by atoms with Crippen molar-refractivity contribution in [2.45, 2.75) is 20.8 Å². The molecule has 62 valence electrons. The first-order valence-electron chi connectivity index (χ1n) is 4.15. The molecule has 0 amide bonds. The largest absolute Gasteiger partial charge is 0.461 e. The summed E-state index contributed by atoms with van der Waals surface area (Å²) in [6.07, 6.45) is 0. The molecule has 0 saturated carbocycles. The monoisotopic (exact) mass is 160 g/mol. The number of hydrogen-bond donors (Lipinski definition) is 0. The molecule has 0 bridgehead atoms. The van der Waals surface area contributed by atoms with Gasteiger partial charge in [0.05, 0.1) is 0 Å². The quantitative estimate of drug-likeness (QED) is 0.576. The van der Waals surface area contributed by atoms with Crippen molar-refractivity contribution in [3.63, 3.8) is 0 Å². The minimum atomic E-state index is 1.03. The molecule has 0 aliphatic carbocycles. The average Bonchev–Trinajstić information content (AvgIpc) is 2.32. The fourth-order valence-electron chi connectivity index (χ4n) is 1.50. The number of para-hydroxylation sites is 1. The highest BCUT2D eigenvalue weighted by Crippen LogP contribution is 2.26. The van der Waals surface area contributed by atoms with Crippen molar-refractivity contribution in [3.8, 4) is 0 Å². The second kappa shape index (κ2) is 2.37. The van der Waals surface area contributed by atoms with E-state index in [0.29, 0.717) is 0 Å². The van der Waals surface area contributed by atoms with Crippen LogP contribution in [0.25, 0.3) is 11.0 Å². The van der Waals surface area contributed by atoms with Gasteiger partial charge in [-0.25, -0.2) is 0 Å². The Morgan fingerprint density at radius 1 is 1.08 bits per heavy atom. The molecule has 12 heavy (non-hydrogen) atoms. The molecule has 1 nitrogen and oxygen atoms in total. The minimum Gasteiger partial charge on any atom is -0.461 e. The van der Waals surface area contributed by atoms with Crippen molar-refractivity contribution in [1.29, 1.82) is 0 Å². The van der Waals surface area contributed by atoms with E-state index in [1.165, 1.54) is 16.5 Å². The van der Waals surface area contributed by atoms with Crippen LogP contribution in [0.2, 0.25) is 0 Å². The fraction of sp³-hybridized carbons (Fsp3) is 0.273. The van der Waals surface area contributed by atoms with E-state index in [1.807, 2.05) is 6.92 Å². The molecule has 0 saturated heterocycles. The number of furan rings is 1. The molecule has 1 aromatic carbocycles. The standard InChI is InChI=1S/C11H12O/c1-7-5-4-6-10-8(2)9(3)12-11(7)10/h4-6H,1-3H3. The first-order chi connectivity index (χ1) is 5.70. The van der Waals surface area contributed by atoms with Crippen molar-refractivity contribution in [2.24, 2.45) is 0 Å². The number of aryl methyl sites for hydroxylation is 3. The Kier molecular flexibility index (Phi) is 1.47. The van der Waals surface area contributed by atoms with Gasteiger partial charge in [0, 0.05) is 5.39 Å². The molecule has 0 spiro atoms. The van der Waals surface area contributed by atoms with Crippen LogP contribution in [-0.4, -0.2) is 0 Å². The van der Waals surface area contributed by atoms with E-state index in [0.717, 1.165) is 11.3 Å². The highest BCUT2D eigenvalue weighted by molar-refractivity contribution is 5.84. The second-order valence-corrected chi connectivity index (χ2v) is 3.23. The van der Waals surface area contributed by atoms with Crippen LogP contribution in [-0.2, 0) is 0 Å². The smallest absolute Gasteiger partial charge is 0.137 e. The van der Waals surface area contributed by atoms with E-state index >= 15 is 0 Å². The van der Waals surface area contributed by atoms with Crippen LogP contribution in [0.1, 0.15) is 16.9 Å². The highest BCUT2D eigenvalue weighted by atomic mass is 16.3. The maximum absolute atomic E-state index is 5.63. The summed E-state index contributed by atoms with van der Waals surface area (Å²) < 4.78 is 5.63. The third-order valence-electron chi connectivity index (χ3n) is 2.40. The molecule has 0 aliphatic rings. The summed E-state index contributed by atoms with van der Waals surface area (Å²) >= 11 is 0. The van der Waals surface area contributed by atoms with Crippen molar-refractivity contribution >= 4 is 11.0 Å². The predicted molar refractivity (Wildman–Crippen MR) is 50.4 cm³/mol. The van der Waals surface area contributed by atoms with E-state index in [4.69, 9.17) is 4.42 Å². The number of benzene rings is 1. The molecular weight excluding hydrogens is 148 g/mol. The van der Waals surface area contributed by atoms with Gasteiger partial charge >= 0.3 is 0 Å². The van der Waals surface area contributed by atoms with Gasteiger partial charge in [-0.3, -0.25) is 0 Å². The Balaban J connectivity index is 2.95. The Hall–Kier alpha value is -1.24. The molecule has 2 aromatic rings. The van der Waals surface area contributed by atoms with Gasteiger partial charge in [0.15, 0.2) is 0 Å². The molecule has 0 unspecified atom stereocenters. The SMILES string of the molecule is Cc1oc2c(C)cccc2c1C. The van der Waals surface area contributed by atoms with E-state index in [9.17, 15) is 0 Å². The van der Waals surface area contributed by atoms with Gasteiger partial charge in [0.1, 0.15) is 11.3 Å². The molecule has 0 atom stereocenters. The Labute approximate surface area is 72.0 Å². The lowest BCUT2D eigenvalue weighted by atomic mass is 10.1. The van der Waals surface area contributed by atoms with Gasteiger partial charge in [-0.05, 0) is 31.9 Å². The number of fused-ring (bicyclic) bond motifs is 1. The average molecular weight is 160 g/mol.